The zero-order chi connectivity index (χ0) is 10.8. The molecule has 4 heteroatoms. The summed E-state index contributed by atoms with van der Waals surface area (Å²) in [4.78, 5) is 13.9. The van der Waals surface area contributed by atoms with Gasteiger partial charge in [0, 0.05) is 12.6 Å². The van der Waals surface area contributed by atoms with Crippen molar-refractivity contribution in [3.63, 3.8) is 0 Å². The van der Waals surface area contributed by atoms with E-state index < -0.39 is 0 Å². The molecule has 0 aromatic rings. The summed E-state index contributed by atoms with van der Waals surface area (Å²) in [5.74, 6) is 0.0721. The first-order valence-electron chi connectivity index (χ1n) is 5.57. The van der Waals surface area contributed by atoms with E-state index in [0.29, 0.717) is 6.42 Å². The molecule has 3 unspecified atom stereocenters. The third-order valence-corrected chi connectivity index (χ3v) is 3.30. The van der Waals surface area contributed by atoms with E-state index in [0.717, 1.165) is 19.4 Å². The standard InChI is InChI=1S/C11H18N2O2/c12-9-4-3-8(6-9)11(15)13-5-1-2-10(13)7-14/h3-4,8-10,14H,1-2,5-7,12H2. The molecule has 0 saturated carbocycles. The Kier molecular flexibility index (Phi) is 3.07. The zero-order valence-electron chi connectivity index (χ0n) is 8.80. The van der Waals surface area contributed by atoms with Gasteiger partial charge in [0.1, 0.15) is 0 Å². The highest BCUT2D eigenvalue weighted by Crippen LogP contribution is 2.24. The minimum atomic E-state index is -0.0628. The van der Waals surface area contributed by atoms with Gasteiger partial charge in [-0.1, -0.05) is 12.2 Å². The van der Waals surface area contributed by atoms with Crippen molar-refractivity contribution in [3.8, 4) is 0 Å². The van der Waals surface area contributed by atoms with E-state index in [4.69, 9.17) is 10.8 Å². The largest absolute Gasteiger partial charge is 0.394 e. The number of aliphatic hydroxyl groups excluding tert-OH is 1. The highest BCUT2D eigenvalue weighted by Gasteiger charge is 2.33. The summed E-state index contributed by atoms with van der Waals surface area (Å²) in [7, 11) is 0. The molecule has 1 heterocycles. The number of rotatable bonds is 2. The van der Waals surface area contributed by atoms with Crippen LogP contribution in [0.4, 0.5) is 0 Å². The van der Waals surface area contributed by atoms with Crippen LogP contribution in [0.1, 0.15) is 19.3 Å². The molecule has 0 aromatic heterocycles. The van der Waals surface area contributed by atoms with Crippen molar-refractivity contribution in [1.29, 1.82) is 0 Å². The van der Waals surface area contributed by atoms with Crippen molar-refractivity contribution < 1.29 is 9.90 Å². The molecule has 0 spiro atoms. The van der Waals surface area contributed by atoms with Crippen LogP contribution in [0.3, 0.4) is 0 Å². The van der Waals surface area contributed by atoms with Gasteiger partial charge in [-0.05, 0) is 19.3 Å². The second-order valence-electron chi connectivity index (χ2n) is 4.40. The molecule has 2 rings (SSSR count). The van der Waals surface area contributed by atoms with Crippen molar-refractivity contribution in [2.75, 3.05) is 13.2 Å². The molecular weight excluding hydrogens is 192 g/mol. The van der Waals surface area contributed by atoms with E-state index in [2.05, 4.69) is 0 Å². The maximum Gasteiger partial charge on any atom is 0.229 e. The molecule has 1 saturated heterocycles. The molecule has 84 valence electrons. The van der Waals surface area contributed by atoms with E-state index in [1.54, 1.807) is 0 Å². The molecule has 3 N–H and O–H groups in total. The van der Waals surface area contributed by atoms with Gasteiger partial charge in [-0.15, -0.1) is 0 Å². The maximum absolute atomic E-state index is 12.1. The van der Waals surface area contributed by atoms with Gasteiger partial charge in [0.2, 0.25) is 5.91 Å². The Bertz CT molecular complexity index is 278. The number of nitrogens with zero attached hydrogens (tertiary/aromatic N) is 1. The number of hydrogen-bond acceptors (Lipinski definition) is 3. The second kappa shape index (κ2) is 4.33. The minimum absolute atomic E-state index is 0.0223. The van der Waals surface area contributed by atoms with Gasteiger partial charge >= 0.3 is 0 Å². The zero-order valence-corrected chi connectivity index (χ0v) is 8.80. The van der Waals surface area contributed by atoms with E-state index in [1.165, 1.54) is 0 Å². The topological polar surface area (TPSA) is 66.6 Å². The molecule has 1 aliphatic heterocycles. The summed E-state index contributed by atoms with van der Waals surface area (Å²) in [5.41, 5.74) is 5.72. The quantitative estimate of drug-likeness (QED) is 0.624. The van der Waals surface area contributed by atoms with Crippen molar-refractivity contribution in [1.82, 2.24) is 4.90 Å². The van der Waals surface area contributed by atoms with Gasteiger partial charge in [0.15, 0.2) is 0 Å². The van der Waals surface area contributed by atoms with Crippen LogP contribution in [0.5, 0.6) is 0 Å². The molecule has 1 fully saturated rings. The summed E-state index contributed by atoms with van der Waals surface area (Å²) >= 11 is 0. The number of carbonyl (C=O) groups is 1. The maximum atomic E-state index is 12.1. The normalized spacial score (nSPS) is 35.1. The first kappa shape index (κ1) is 10.6. The van der Waals surface area contributed by atoms with Crippen molar-refractivity contribution >= 4 is 5.91 Å². The van der Waals surface area contributed by atoms with Crippen LogP contribution in [0.2, 0.25) is 0 Å². The molecular formula is C11H18N2O2. The monoisotopic (exact) mass is 210 g/mol. The third kappa shape index (κ3) is 2.06. The number of aliphatic hydroxyl groups is 1. The fourth-order valence-electron chi connectivity index (χ4n) is 2.44. The Hall–Kier alpha value is -0.870. The number of carbonyl (C=O) groups excluding carboxylic acids is 1. The van der Waals surface area contributed by atoms with Gasteiger partial charge in [-0.2, -0.15) is 0 Å². The number of hydrogen-bond donors (Lipinski definition) is 2. The summed E-state index contributed by atoms with van der Waals surface area (Å²) in [6.45, 7) is 0.859. The van der Waals surface area contributed by atoms with Crippen molar-refractivity contribution in [2.24, 2.45) is 11.7 Å². The molecule has 3 atom stereocenters. The second-order valence-corrected chi connectivity index (χ2v) is 4.40. The van der Waals surface area contributed by atoms with Crippen LogP contribution in [0.15, 0.2) is 12.2 Å². The summed E-state index contributed by atoms with van der Waals surface area (Å²) in [5, 5.41) is 9.14. The van der Waals surface area contributed by atoms with Crippen LogP contribution in [0, 0.1) is 5.92 Å². The van der Waals surface area contributed by atoms with Crippen molar-refractivity contribution in [2.45, 2.75) is 31.3 Å². The van der Waals surface area contributed by atoms with Crippen LogP contribution >= 0.6 is 0 Å². The highest BCUT2D eigenvalue weighted by molar-refractivity contribution is 5.81. The Labute approximate surface area is 89.7 Å². The van der Waals surface area contributed by atoms with Gasteiger partial charge < -0.3 is 15.7 Å². The summed E-state index contributed by atoms with van der Waals surface area (Å²) in [6.07, 6.45) is 6.43. The van der Waals surface area contributed by atoms with Crippen LogP contribution in [-0.4, -0.2) is 41.1 Å². The lowest BCUT2D eigenvalue weighted by molar-refractivity contribution is -0.135. The summed E-state index contributed by atoms with van der Waals surface area (Å²) < 4.78 is 0. The molecule has 0 radical (unpaired) electrons. The van der Waals surface area contributed by atoms with Gasteiger partial charge in [0.05, 0.1) is 18.6 Å². The number of amides is 1. The molecule has 0 aromatic carbocycles. The summed E-state index contributed by atoms with van der Waals surface area (Å²) in [6, 6.07) is 0.0526. The molecule has 1 amide bonds. The molecule has 2 aliphatic rings. The Morgan fingerprint density at radius 1 is 1.53 bits per heavy atom. The molecule has 15 heavy (non-hydrogen) atoms. The molecule has 1 aliphatic carbocycles. The lowest BCUT2D eigenvalue weighted by atomic mass is 10.1. The molecule has 0 bridgehead atoms. The lowest BCUT2D eigenvalue weighted by Crippen LogP contribution is -2.41. The van der Waals surface area contributed by atoms with Crippen LogP contribution in [-0.2, 0) is 4.79 Å². The fourth-order valence-corrected chi connectivity index (χ4v) is 2.44. The van der Waals surface area contributed by atoms with Crippen molar-refractivity contribution in [3.05, 3.63) is 12.2 Å². The van der Waals surface area contributed by atoms with Crippen LogP contribution in [0.25, 0.3) is 0 Å². The van der Waals surface area contributed by atoms with Gasteiger partial charge in [0.25, 0.3) is 0 Å². The first-order valence-corrected chi connectivity index (χ1v) is 5.57. The van der Waals surface area contributed by atoms with E-state index >= 15 is 0 Å². The minimum Gasteiger partial charge on any atom is -0.394 e. The number of likely N-dealkylation sites (tertiary alicyclic amines) is 1. The predicted octanol–water partition coefficient (Wildman–Crippen LogP) is -0.127. The average molecular weight is 210 g/mol. The van der Waals surface area contributed by atoms with Gasteiger partial charge in [-0.3, -0.25) is 4.79 Å². The lowest BCUT2D eigenvalue weighted by Gasteiger charge is -2.25. The third-order valence-electron chi connectivity index (χ3n) is 3.30. The Morgan fingerprint density at radius 3 is 2.93 bits per heavy atom. The molecule has 4 nitrogen and oxygen atoms in total. The highest BCUT2D eigenvalue weighted by atomic mass is 16.3. The smallest absolute Gasteiger partial charge is 0.229 e. The predicted molar refractivity (Wildman–Crippen MR) is 57.0 cm³/mol. The Morgan fingerprint density at radius 2 is 2.33 bits per heavy atom. The van der Waals surface area contributed by atoms with E-state index in [1.807, 2.05) is 17.1 Å². The van der Waals surface area contributed by atoms with E-state index in [9.17, 15) is 4.79 Å². The fraction of sp³-hybridized carbons (Fsp3) is 0.727. The van der Waals surface area contributed by atoms with Gasteiger partial charge in [-0.25, -0.2) is 0 Å². The Balaban J connectivity index is 1.98. The van der Waals surface area contributed by atoms with Crippen LogP contribution < -0.4 is 5.73 Å². The SMILES string of the molecule is NC1C=CC(C(=O)N2CCCC2CO)C1. The number of nitrogens with two attached hydrogens (primary N) is 1. The van der Waals surface area contributed by atoms with E-state index in [-0.39, 0.29) is 30.5 Å². The average Bonchev–Trinajstić information content (AvgIpc) is 2.84. The first-order chi connectivity index (χ1) is 7.22.